The molecule has 0 bridgehead atoms. The van der Waals surface area contributed by atoms with Gasteiger partial charge in [0.15, 0.2) is 0 Å². The van der Waals surface area contributed by atoms with Gasteiger partial charge in [-0.1, -0.05) is 0 Å². The Morgan fingerprint density at radius 1 is 0.857 bits per heavy atom. The van der Waals surface area contributed by atoms with E-state index in [4.69, 9.17) is 19.2 Å². The zero-order chi connectivity index (χ0) is 4.50. The molecule has 0 amide bonds. The van der Waals surface area contributed by atoms with Crippen LogP contribution in [0.2, 0.25) is 0 Å². The topological polar surface area (TPSA) is 92.2 Å². The van der Waals surface area contributed by atoms with Gasteiger partial charge < -0.3 is 28.2 Å². The molecule has 0 fully saturated rings. The maximum Gasteiger partial charge on any atom is 3.00 e. The van der Waals surface area contributed by atoms with Crippen molar-refractivity contribution in [1.29, 1.82) is 0 Å². The van der Waals surface area contributed by atoms with Gasteiger partial charge in [0.1, 0.15) is 0 Å². The van der Waals surface area contributed by atoms with Crippen molar-refractivity contribution in [3.05, 3.63) is 0 Å². The van der Waals surface area contributed by atoms with Crippen LogP contribution in [0.4, 0.5) is 0 Å². The van der Waals surface area contributed by atoms with Gasteiger partial charge in [0.25, 0.3) is 0 Å². The summed E-state index contributed by atoms with van der Waals surface area (Å²) in [6.45, 7) is 0. The molecule has 0 heterocycles. The molecule has 43 valence electrons. The fraction of sp³-hybridized carbons (Fsp3) is 0. The molecule has 0 aromatic heterocycles. The molecule has 0 N–H and O–H groups in total. The van der Waals surface area contributed by atoms with Crippen LogP contribution < -0.4 is 19.2 Å². The van der Waals surface area contributed by atoms with E-state index in [1.807, 2.05) is 0 Å². The zero-order valence-electron chi connectivity index (χ0n) is 2.82. The third kappa shape index (κ3) is 54.2. The summed E-state index contributed by atoms with van der Waals surface area (Å²) in [4.78, 5) is 34.3. The molecule has 4 nitrogen and oxygen atoms in total. The van der Waals surface area contributed by atoms with Crippen LogP contribution in [-0.4, -0.2) is 9.05 Å². The summed E-state index contributed by atoms with van der Waals surface area (Å²) in [6.07, 6.45) is 0. The van der Waals surface area contributed by atoms with Gasteiger partial charge >= 0.3 is 78.6 Å². The van der Waals surface area contributed by atoms with Crippen LogP contribution >= 0.6 is 0 Å². The fourth-order valence-corrected chi connectivity index (χ4v) is 0. The molecule has 0 aliphatic carbocycles. The first-order valence-electron chi connectivity index (χ1n) is 0.816. The van der Waals surface area contributed by atoms with Gasteiger partial charge in [-0.15, -0.1) is 0 Å². The second kappa shape index (κ2) is 6.78. The average molecular weight is 408 g/mol. The van der Waals surface area contributed by atoms with Crippen LogP contribution in [-0.2, 0) is 0 Å². The first-order valence-corrected chi connectivity index (χ1v) is 2.45. The molecule has 0 saturated carbocycles. The van der Waals surface area contributed by atoms with Gasteiger partial charge in [0.05, 0.1) is 0 Å². The van der Waals surface area contributed by atoms with Gasteiger partial charge in [-0.05, 0) is 0 Å². The first-order chi connectivity index (χ1) is 2.00. The van der Waals surface area contributed by atoms with Gasteiger partial charge in [0, 0.05) is 0 Å². The van der Waals surface area contributed by atoms with Crippen molar-refractivity contribution in [1.82, 2.24) is 0 Å². The average Bonchev–Trinajstić information content (AvgIpc) is 0.722. The van der Waals surface area contributed by atoms with Crippen LogP contribution in [0.1, 0.15) is 0 Å². The molecular weight excluding hydrogens is 408 g/mol. The fourth-order valence-electron chi connectivity index (χ4n) is 0. The van der Waals surface area contributed by atoms with Gasteiger partial charge in [-0.2, -0.15) is 0 Å². The predicted molar refractivity (Wildman–Crippen MR) is 5.75 cm³/mol. The Morgan fingerprint density at radius 2 is 0.857 bits per heavy atom. The van der Waals surface area contributed by atoms with Crippen molar-refractivity contribution >= 4 is 9.05 Å². The monoisotopic (exact) mass is 409 g/mol. The largest absolute Gasteiger partial charge is 3.00 e. The van der Waals surface area contributed by atoms with Crippen LogP contribution in [0.5, 0.6) is 0 Å². The third-order valence-corrected chi connectivity index (χ3v) is 0. The molecule has 1 radical (unpaired) electrons. The second-order valence-corrected chi connectivity index (χ2v) is 1.50. The Labute approximate surface area is 105 Å². The minimum atomic E-state index is -5.61. The molecule has 0 aromatic carbocycles. The van der Waals surface area contributed by atoms with E-state index in [1.54, 1.807) is 0 Å². The maximum absolute atomic E-state index is 8.58. The van der Waals surface area contributed by atoms with E-state index in [2.05, 4.69) is 0 Å². The van der Waals surface area contributed by atoms with E-state index in [0.29, 0.717) is 0 Å². The zero-order valence-corrected chi connectivity index (χ0v) is 8.23. The minimum Gasteiger partial charge on any atom is -0.894 e. The van der Waals surface area contributed by atoms with Crippen molar-refractivity contribution < 1.29 is 97.7 Å². The quantitative estimate of drug-likeness (QED) is 0.375. The summed E-state index contributed by atoms with van der Waals surface area (Å²) in [5.74, 6) is 0. The van der Waals surface area contributed by atoms with Crippen LogP contribution in [0.15, 0.2) is 0 Å². The summed E-state index contributed by atoms with van der Waals surface area (Å²) in [6, 6.07) is 0. The Morgan fingerprint density at radius 3 is 0.857 bits per heavy atom. The molecule has 0 unspecified atom stereocenters. The summed E-state index contributed by atoms with van der Waals surface area (Å²) in [5.41, 5.74) is 0. The van der Waals surface area contributed by atoms with Gasteiger partial charge in [0.2, 0.25) is 0 Å². The van der Waals surface area contributed by atoms with Crippen LogP contribution in [0, 0.1) is 78.6 Å². The second-order valence-electron chi connectivity index (χ2n) is 0.500. The van der Waals surface area contributed by atoms with Crippen molar-refractivity contribution in [3.63, 3.8) is 0 Å². The molecule has 0 saturated heterocycles. The molecule has 7 heavy (non-hydrogen) atoms. The summed E-state index contributed by atoms with van der Waals surface area (Å²) < 4.78 is 0. The minimum absolute atomic E-state index is 0. The van der Waals surface area contributed by atoms with E-state index in [0.717, 1.165) is 0 Å². The predicted octanol–water partition coefficient (Wildman–Crippen LogP) is -5.14. The van der Waals surface area contributed by atoms with E-state index in [-0.39, 0.29) is 78.6 Å². The van der Waals surface area contributed by atoms with Crippen molar-refractivity contribution in [3.8, 4) is 0 Å². The maximum atomic E-state index is 8.58. The molecular formula is GdO4SiTb+2. The molecule has 7 heteroatoms. The Hall–Kier alpha value is 2.67. The third-order valence-electron chi connectivity index (χ3n) is 0. The number of rotatable bonds is 0. The Kier molecular flexibility index (Phi) is 15.8. The Balaban J connectivity index is -0.0000000800. The molecule has 0 atom stereocenters. The van der Waals surface area contributed by atoms with Crippen LogP contribution in [0.3, 0.4) is 0 Å². The van der Waals surface area contributed by atoms with E-state index in [9.17, 15) is 0 Å². The van der Waals surface area contributed by atoms with Crippen molar-refractivity contribution in [2.24, 2.45) is 0 Å². The van der Waals surface area contributed by atoms with Crippen LogP contribution in [0.25, 0.3) is 0 Å². The van der Waals surface area contributed by atoms with E-state index >= 15 is 0 Å². The SMILES string of the molecule is [Gd+3].[O-][Si]([O-])([O-])[O-].[Tb+3]. The first kappa shape index (κ1) is 16.3. The molecule has 0 rings (SSSR count). The Bertz CT molecular complexity index is 27.2. The number of hydrogen-bond donors (Lipinski definition) is 0. The van der Waals surface area contributed by atoms with Gasteiger partial charge in [-0.25, -0.2) is 0 Å². The van der Waals surface area contributed by atoms with E-state index in [1.165, 1.54) is 0 Å². The molecule has 0 aliphatic rings. The number of hydrogen-bond acceptors (Lipinski definition) is 4. The van der Waals surface area contributed by atoms with Gasteiger partial charge in [-0.3, -0.25) is 0 Å². The summed E-state index contributed by atoms with van der Waals surface area (Å²) >= 11 is 0. The molecule has 0 aromatic rings. The molecule has 0 aliphatic heterocycles. The summed E-state index contributed by atoms with van der Waals surface area (Å²) in [7, 11) is -5.61. The molecule has 0 spiro atoms. The smallest absolute Gasteiger partial charge is 0.894 e. The van der Waals surface area contributed by atoms with Crippen molar-refractivity contribution in [2.45, 2.75) is 0 Å². The standard InChI is InChI=1S/Gd.O4Si.Tb/c;1-5(2,3)4;/q+3;-4;+3. The normalized spacial score (nSPS) is 8.57. The van der Waals surface area contributed by atoms with E-state index < -0.39 is 9.05 Å². The summed E-state index contributed by atoms with van der Waals surface area (Å²) in [5, 5.41) is 0. The van der Waals surface area contributed by atoms with Crippen molar-refractivity contribution in [2.75, 3.05) is 0 Å².